The summed E-state index contributed by atoms with van der Waals surface area (Å²) in [5.41, 5.74) is 1.51. The van der Waals surface area contributed by atoms with Gasteiger partial charge < -0.3 is 16.0 Å². The molecule has 0 bridgehead atoms. The second-order valence-electron chi connectivity index (χ2n) is 6.20. The summed E-state index contributed by atoms with van der Waals surface area (Å²) in [7, 11) is 0. The molecule has 2 aromatic rings. The molecule has 5 nitrogen and oxygen atoms in total. The first-order valence-corrected chi connectivity index (χ1v) is 9.09. The van der Waals surface area contributed by atoms with E-state index in [4.69, 9.17) is 23.2 Å². The van der Waals surface area contributed by atoms with Gasteiger partial charge in [-0.1, -0.05) is 30.3 Å². The van der Waals surface area contributed by atoms with Gasteiger partial charge in [-0.25, -0.2) is 4.79 Å². The largest absolute Gasteiger partial charge is 0.352 e. The van der Waals surface area contributed by atoms with Crippen molar-refractivity contribution in [1.29, 1.82) is 0 Å². The standard InChI is InChI=1S/C19H19Cl2N3O2/c20-19(21)12-13(19)10-11-22-17(25)15-8-4-5-9-16(15)24-18(26)23-14-6-2-1-3-7-14/h1-9,13H,10-12H2,(H,22,25)(H2,23,24,26)/t13-/m0/s1. The highest BCUT2D eigenvalue weighted by atomic mass is 35.5. The normalized spacial score (nSPS) is 17.2. The fraction of sp³-hybridized carbons (Fsp3) is 0.263. The summed E-state index contributed by atoms with van der Waals surface area (Å²) in [4.78, 5) is 24.6. The third kappa shape index (κ3) is 4.90. The minimum Gasteiger partial charge on any atom is -0.352 e. The summed E-state index contributed by atoms with van der Waals surface area (Å²) >= 11 is 12.0. The maximum absolute atomic E-state index is 12.4. The van der Waals surface area contributed by atoms with Crippen LogP contribution >= 0.6 is 23.2 Å². The average molecular weight is 392 g/mol. The number of halogens is 2. The predicted molar refractivity (Wildman–Crippen MR) is 105 cm³/mol. The number of hydrogen-bond acceptors (Lipinski definition) is 2. The van der Waals surface area contributed by atoms with Gasteiger partial charge in [-0.3, -0.25) is 4.79 Å². The molecule has 3 N–H and O–H groups in total. The Bertz CT molecular complexity index is 796. The van der Waals surface area contributed by atoms with Crippen LogP contribution in [0.1, 0.15) is 23.2 Å². The Labute approximate surface area is 162 Å². The topological polar surface area (TPSA) is 70.2 Å². The first kappa shape index (κ1) is 18.5. The predicted octanol–water partition coefficient (Wildman–Crippen LogP) is 4.64. The van der Waals surface area contributed by atoms with Crippen LogP contribution in [0.25, 0.3) is 0 Å². The molecule has 1 atom stereocenters. The smallest absolute Gasteiger partial charge is 0.323 e. The van der Waals surface area contributed by atoms with Gasteiger partial charge >= 0.3 is 6.03 Å². The zero-order valence-corrected chi connectivity index (χ0v) is 15.5. The van der Waals surface area contributed by atoms with Crippen molar-refractivity contribution >= 4 is 46.5 Å². The highest BCUT2D eigenvalue weighted by Crippen LogP contribution is 2.54. The van der Waals surface area contributed by atoms with Gasteiger partial charge in [0.05, 0.1) is 11.3 Å². The van der Waals surface area contributed by atoms with Crippen molar-refractivity contribution < 1.29 is 9.59 Å². The first-order valence-electron chi connectivity index (χ1n) is 8.34. The number of anilines is 2. The Kier molecular flexibility index (Phi) is 5.69. The molecule has 0 spiro atoms. The van der Waals surface area contributed by atoms with Crippen molar-refractivity contribution in [3.05, 3.63) is 60.2 Å². The third-order valence-electron chi connectivity index (χ3n) is 4.19. The third-order valence-corrected chi connectivity index (χ3v) is 5.11. The maximum Gasteiger partial charge on any atom is 0.323 e. The van der Waals surface area contributed by atoms with Crippen molar-refractivity contribution in [2.75, 3.05) is 17.2 Å². The van der Waals surface area contributed by atoms with Crippen LogP contribution in [0, 0.1) is 5.92 Å². The maximum atomic E-state index is 12.4. The van der Waals surface area contributed by atoms with Gasteiger partial charge in [-0.05, 0) is 43.0 Å². The van der Waals surface area contributed by atoms with E-state index in [2.05, 4.69) is 16.0 Å². The van der Waals surface area contributed by atoms with Crippen LogP contribution in [0.5, 0.6) is 0 Å². The molecule has 0 heterocycles. The SMILES string of the molecule is O=C(Nc1ccccc1)Nc1ccccc1C(=O)NCC[C@H]1CC1(Cl)Cl. The lowest BCUT2D eigenvalue weighted by Crippen LogP contribution is -2.27. The average Bonchev–Trinajstić information content (AvgIpc) is 3.22. The van der Waals surface area contributed by atoms with Gasteiger partial charge in [0, 0.05) is 12.2 Å². The van der Waals surface area contributed by atoms with Crippen molar-refractivity contribution in [2.24, 2.45) is 5.92 Å². The molecule has 7 heteroatoms. The number of carbonyl (C=O) groups is 2. The lowest BCUT2D eigenvalue weighted by atomic mass is 10.1. The first-order chi connectivity index (χ1) is 12.5. The summed E-state index contributed by atoms with van der Waals surface area (Å²) in [5.74, 6) is -0.0350. The summed E-state index contributed by atoms with van der Waals surface area (Å²) < 4.78 is -0.639. The Morgan fingerprint density at radius 3 is 2.35 bits per heavy atom. The van der Waals surface area contributed by atoms with Crippen LogP contribution < -0.4 is 16.0 Å². The van der Waals surface area contributed by atoms with Crippen LogP contribution in [-0.4, -0.2) is 22.8 Å². The van der Waals surface area contributed by atoms with Gasteiger partial charge in [0.15, 0.2) is 0 Å². The minimum absolute atomic E-state index is 0.219. The second-order valence-corrected chi connectivity index (χ2v) is 7.74. The highest BCUT2D eigenvalue weighted by Gasteiger charge is 2.50. The highest BCUT2D eigenvalue weighted by molar-refractivity contribution is 6.50. The molecule has 2 aromatic carbocycles. The second kappa shape index (κ2) is 7.98. The molecule has 0 radical (unpaired) electrons. The Balaban J connectivity index is 1.56. The van der Waals surface area contributed by atoms with Crippen LogP contribution in [-0.2, 0) is 0 Å². The number of rotatable bonds is 6. The van der Waals surface area contributed by atoms with E-state index in [9.17, 15) is 9.59 Å². The van der Waals surface area contributed by atoms with E-state index in [1.807, 2.05) is 18.2 Å². The lowest BCUT2D eigenvalue weighted by molar-refractivity contribution is 0.0953. The number of hydrogen-bond donors (Lipinski definition) is 3. The fourth-order valence-corrected chi connectivity index (χ4v) is 3.22. The molecular formula is C19H19Cl2N3O2. The Hall–Kier alpha value is -2.24. The molecule has 3 amide bonds. The van der Waals surface area contributed by atoms with E-state index in [1.165, 1.54) is 0 Å². The van der Waals surface area contributed by atoms with Crippen molar-refractivity contribution in [1.82, 2.24) is 5.32 Å². The number of urea groups is 1. The van der Waals surface area contributed by atoms with E-state index in [1.54, 1.807) is 36.4 Å². The molecule has 1 fully saturated rings. The summed E-state index contributed by atoms with van der Waals surface area (Å²) in [5, 5.41) is 8.28. The number of benzene rings is 2. The molecule has 136 valence electrons. The van der Waals surface area contributed by atoms with Gasteiger partial charge in [0.2, 0.25) is 0 Å². The molecule has 1 aliphatic rings. The number of amides is 3. The van der Waals surface area contributed by atoms with Crippen molar-refractivity contribution in [3.63, 3.8) is 0 Å². The fourth-order valence-electron chi connectivity index (χ4n) is 2.63. The molecule has 0 unspecified atom stereocenters. The van der Waals surface area contributed by atoms with Crippen LogP contribution in [0.15, 0.2) is 54.6 Å². The zero-order valence-electron chi connectivity index (χ0n) is 14.0. The molecule has 0 aromatic heterocycles. The molecule has 26 heavy (non-hydrogen) atoms. The zero-order chi connectivity index (χ0) is 18.6. The molecule has 1 saturated carbocycles. The van der Waals surface area contributed by atoms with E-state index in [-0.39, 0.29) is 11.8 Å². The van der Waals surface area contributed by atoms with Gasteiger partial charge in [-0.2, -0.15) is 0 Å². The molecular weight excluding hydrogens is 373 g/mol. The Morgan fingerprint density at radius 1 is 1.00 bits per heavy atom. The summed E-state index contributed by atoms with van der Waals surface area (Å²) in [6.45, 7) is 0.481. The summed E-state index contributed by atoms with van der Waals surface area (Å²) in [6.07, 6.45) is 1.48. The van der Waals surface area contributed by atoms with E-state index in [0.717, 1.165) is 12.8 Å². The molecule has 1 aliphatic carbocycles. The number of alkyl halides is 2. The van der Waals surface area contributed by atoms with E-state index in [0.29, 0.717) is 23.5 Å². The van der Waals surface area contributed by atoms with E-state index >= 15 is 0 Å². The van der Waals surface area contributed by atoms with Crippen molar-refractivity contribution in [2.45, 2.75) is 17.2 Å². The van der Waals surface area contributed by atoms with E-state index < -0.39 is 10.4 Å². The van der Waals surface area contributed by atoms with Crippen LogP contribution in [0.4, 0.5) is 16.2 Å². The number of carbonyl (C=O) groups excluding carboxylic acids is 2. The van der Waals surface area contributed by atoms with Gasteiger partial charge in [-0.15, -0.1) is 23.2 Å². The Morgan fingerprint density at radius 2 is 1.65 bits per heavy atom. The monoisotopic (exact) mass is 391 g/mol. The summed E-state index contributed by atoms with van der Waals surface area (Å²) in [6, 6.07) is 15.5. The van der Waals surface area contributed by atoms with Crippen LogP contribution in [0.3, 0.4) is 0 Å². The van der Waals surface area contributed by atoms with Gasteiger partial charge in [0.25, 0.3) is 5.91 Å². The molecule has 3 rings (SSSR count). The molecule has 0 saturated heterocycles. The lowest BCUT2D eigenvalue weighted by Gasteiger charge is -2.12. The van der Waals surface area contributed by atoms with Gasteiger partial charge in [0.1, 0.15) is 4.33 Å². The van der Waals surface area contributed by atoms with Crippen molar-refractivity contribution in [3.8, 4) is 0 Å². The van der Waals surface area contributed by atoms with Crippen LogP contribution in [0.2, 0.25) is 0 Å². The number of nitrogens with one attached hydrogen (secondary N) is 3. The molecule has 0 aliphatic heterocycles. The quantitative estimate of drug-likeness (QED) is 0.627. The minimum atomic E-state index is -0.639. The number of para-hydroxylation sites is 2.